The summed E-state index contributed by atoms with van der Waals surface area (Å²) < 4.78 is 6.29. The van der Waals surface area contributed by atoms with E-state index in [0.717, 1.165) is 10.0 Å². The lowest BCUT2D eigenvalue weighted by molar-refractivity contribution is 0.392. The number of nitrogens with zero attached hydrogens (tertiary/aromatic N) is 1. The number of benzene rings is 2. The van der Waals surface area contributed by atoms with Crippen LogP contribution in [-0.2, 0) is 0 Å². The topological polar surface area (TPSA) is 105 Å². The quantitative estimate of drug-likeness (QED) is 0.680. The van der Waals surface area contributed by atoms with Crippen molar-refractivity contribution in [2.75, 3.05) is 5.73 Å². The van der Waals surface area contributed by atoms with Crippen LogP contribution in [0.4, 0.5) is 5.69 Å². The van der Waals surface area contributed by atoms with Gasteiger partial charge in [0.1, 0.15) is 23.1 Å². The summed E-state index contributed by atoms with van der Waals surface area (Å²) in [5.41, 5.74) is 13.7. The van der Waals surface area contributed by atoms with E-state index in [2.05, 4.69) is 22.0 Å². The van der Waals surface area contributed by atoms with Crippen LogP contribution in [0.15, 0.2) is 52.3 Å². The highest BCUT2D eigenvalue weighted by atomic mass is 79.9. The number of phenolic OH excluding ortho intramolecular Hbond substituents is 1. The Labute approximate surface area is 135 Å². The van der Waals surface area contributed by atoms with Crippen molar-refractivity contribution in [3.05, 3.63) is 63.5 Å². The zero-order valence-electron chi connectivity index (χ0n) is 11.4. The largest absolute Gasteiger partial charge is 0.508 e. The number of fused-ring (bicyclic) bond motifs is 1. The van der Waals surface area contributed by atoms with Crippen LogP contribution in [0.3, 0.4) is 0 Å². The number of nitrogens with two attached hydrogens (primary N) is 2. The van der Waals surface area contributed by atoms with Gasteiger partial charge in [0.05, 0.1) is 5.92 Å². The Balaban J connectivity index is 2.28. The summed E-state index contributed by atoms with van der Waals surface area (Å²) in [4.78, 5) is 0. The Morgan fingerprint density at radius 1 is 1.14 bits per heavy atom. The summed E-state index contributed by atoms with van der Waals surface area (Å²) in [5.74, 6) is 0.0797. The van der Waals surface area contributed by atoms with E-state index in [1.54, 1.807) is 36.4 Å². The van der Waals surface area contributed by atoms with Gasteiger partial charge in [0, 0.05) is 27.4 Å². The van der Waals surface area contributed by atoms with E-state index in [9.17, 15) is 10.4 Å². The van der Waals surface area contributed by atoms with Gasteiger partial charge in [-0.25, -0.2) is 0 Å². The molecule has 2 aromatic rings. The Kier molecular flexibility index (Phi) is 3.43. The molecule has 22 heavy (non-hydrogen) atoms. The molecule has 6 heteroatoms. The first-order valence-electron chi connectivity index (χ1n) is 6.46. The molecule has 0 aromatic heterocycles. The number of rotatable bonds is 1. The number of aromatic hydroxyl groups is 1. The highest BCUT2D eigenvalue weighted by Crippen LogP contribution is 2.45. The lowest BCUT2D eigenvalue weighted by Gasteiger charge is -2.27. The zero-order valence-corrected chi connectivity index (χ0v) is 13.0. The van der Waals surface area contributed by atoms with Crippen molar-refractivity contribution in [2.45, 2.75) is 5.92 Å². The summed E-state index contributed by atoms with van der Waals surface area (Å²) in [6.07, 6.45) is 0. The van der Waals surface area contributed by atoms with Crippen LogP contribution in [0.25, 0.3) is 0 Å². The molecule has 0 aliphatic carbocycles. The molecular formula is C16H12BrN3O2. The third kappa shape index (κ3) is 2.26. The van der Waals surface area contributed by atoms with Crippen molar-refractivity contribution in [1.82, 2.24) is 0 Å². The summed E-state index contributed by atoms with van der Waals surface area (Å²) in [7, 11) is 0. The van der Waals surface area contributed by atoms with E-state index >= 15 is 0 Å². The number of anilines is 1. The first-order valence-corrected chi connectivity index (χ1v) is 7.26. The molecule has 0 amide bonds. The smallest absolute Gasteiger partial charge is 0.205 e. The van der Waals surface area contributed by atoms with Crippen molar-refractivity contribution in [2.24, 2.45) is 5.73 Å². The van der Waals surface area contributed by atoms with Gasteiger partial charge in [0.2, 0.25) is 5.88 Å². The average molecular weight is 358 g/mol. The second kappa shape index (κ2) is 5.28. The van der Waals surface area contributed by atoms with E-state index in [4.69, 9.17) is 16.2 Å². The van der Waals surface area contributed by atoms with Crippen molar-refractivity contribution < 1.29 is 9.84 Å². The molecule has 1 heterocycles. The predicted octanol–water partition coefficient (Wildman–Crippen LogP) is 2.96. The van der Waals surface area contributed by atoms with Crippen molar-refractivity contribution in [3.8, 4) is 17.6 Å². The van der Waals surface area contributed by atoms with Gasteiger partial charge in [-0.15, -0.1) is 0 Å². The molecule has 0 saturated carbocycles. The van der Waals surface area contributed by atoms with Gasteiger partial charge in [0.25, 0.3) is 0 Å². The van der Waals surface area contributed by atoms with Gasteiger partial charge in [-0.2, -0.15) is 5.26 Å². The van der Waals surface area contributed by atoms with Gasteiger partial charge in [-0.3, -0.25) is 0 Å². The summed E-state index contributed by atoms with van der Waals surface area (Å²) in [6.45, 7) is 0. The molecule has 110 valence electrons. The molecule has 0 bridgehead atoms. The van der Waals surface area contributed by atoms with E-state index in [1.807, 2.05) is 0 Å². The molecule has 1 aliphatic rings. The molecule has 0 saturated heterocycles. The van der Waals surface area contributed by atoms with E-state index in [-0.39, 0.29) is 17.2 Å². The monoisotopic (exact) mass is 357 g/mol. The van der Waals surface area contributed by atoms with Crippen molar-refractivity contribution in [1.29, 1.82) is 5.26 Å². The first kappa shape index (κ1) is 14.3. The third-order valence-corrected chi connectivity index (χ3v) is 4.04. The lowest BCUT2D eigenvalue weighted by atomic mass is 9.83. The van der Waals surface area contributed by atoms with Gasteiger partial charge in [-0.05, 0) is 24.3 Å². The minimum atomic E-state index is -0.508. The van der Waals surface area contributed by atoms with E-state index in [0.29, 0.717) is 17.0 Å². The second-order valence-corrected chi connectivity index (χ2v) is 5.84. The van der Waals surface area contributed by atoms with Crippen molar-refractivity contribution >= 4 is 21.6 Å². The molecule has 1 unspecified atom stereocenters. The van der Waals surface area contributed by atoms with Crippen LogP contribution < -0.4 is 16.2 Å². The number of nitriles is 1. The number of ether oxygens (including phenoxy) is 1. The van der Waals surface area contributed by atoms with E-state index in [1.165, 1.54) is 0 Å². The molecule has 0 radical (unpaired) electrons. The SMILES string of the molecule is N#CC1=C(N)Oc2cc(N)ccc2C1c1cc(Br)ccc1O. The molecule has 0 spiro atoms. The minimum absolute atomic E-state index is 0.0185. The highest BCUT2D eigenvalue weighted by Gasteiger charge is 2.32. The van der Waals surface area contributed by atoms with E-state index < -0.39 is 5.92 Å². The maximum atomic E-state index is 10.2. The van der Waals surface area contributed by atoms with Crippen LogP contribution in [0.2, 0.25) is 0 Å². The number of halogens is 1. The van der Waals surface area contributed by atoms with Gasteiger partial charge < -0.3 is 21.3 Å². The third-order valence-electron chi connectivity index (χ3n) is 3.54. The Hall–Kier alpha value is -2.65. The molecule has 1 atom stereocenters. The predicted molar refractivity (Wildman–Crippen MR) is 86.0 cm³/mol. The van der Waals surface area contributed by atoms with Crippen LogP contribution in [0, 0.1) is 11.3 Å². The maximum absolute atomic E-state index is 10.2. The molecule has 0 fully saturated rings. The second-order valence-electron chi connectivity index (χ2n) is 4.93. The number of allylic oxidation sites excluding steroid dienone is 1. The highest BCUT2D eigenvalue weighted by molar-refractivity contribution is 9.10. The molecule has 3 rings (SSSR count). The molecule has 2 aromatic carbocycles. The molecule has 5 N–H and O–H groups in total. The standard InChI is InChI=1S/C16H12BrN3O2/c17-8-1-4-13(21)11(5-8)15-10-3-2-9(19)6-14(10)22-16(20)12(15)7-18/h1-6,15,21H,19-20H2. The van der Waals surface area contributed by atoms with Crippen LogP contribution in [0.5, 0.6) is 11.5 Å². The normalized spacial score (nSPS) is 16.6. The Morgan fingerprint density at radius 3 is 2.64 bits per heavy atom. The summed E-state index contributed by atoms with van der Waals surface area (Å²) >= 11 is 3.38. The van der Waals surface area contributed by atoms with Crippen molar-refractivity contribution in [3.63, 3.8) is 0 Å². The number of nitrogen functional groups attached to an aromatic ring is 1. The lowest BCUT2D eigenvalue weighted by Crippen LogP contribution is -2.21. The Morgan fingerprint density at radius 2 is 1.91 bits per heavy atom. The summed E-state index contributed by atoms with van der Waals surface area (Å²) in [5, 5.41) is 19.7. The molecule has 1 aliphatic heterocycles. The van der Waals surface area contributed by atoms with Gasteiger partial charge in [0.15, 0.2) is 0 Å². The number of hydrogen-bond acceptors (Lipinski definition) is 5. The minimum Gasteiger partial charge on any atom is -0.508 e. The average Bonchev–Trinajstić information content (AvgIpc) is 2.48. The number of phenols is 1. The fraction of sp³-hybridized carbons (Fsp3) is 0.0625. The van der Waals surface area contributed by atoms with Crippen LogP contribution >= 0.6 is 15.9 Å². The fourth-order valence-corrected chi connectivity index (χ4v) is 2.93. The van der Waals surface area contributed by atoms with Crippen LogP contribution in [-0.4, -0.2) is 5.11 Å². The molecule has 5 nitrogen and oxygen atoms in total. The Bertz CT molecular complexity index is 840. The summed E-state index contributed by atoms with van der Waals surface area (Å²) in [6, 6.07) is 12.3. The maximum Gasteiger partial charge on any atom is 0.205 e. The zero-order chi connectivity index (χ0) is 15.9. The van der Waals surface area contributed by atoms with Gasteiger partial charge in [-0.1, -0.05) is 22.0 Å². The van der Waals surface area contributed by atoms with Crippen LogP contribution in [0.1, 0.15) is 17.0 Å². The van der Waals surface area contributed by atoms with Gasteiger partial charge >= 0.3 is 0 Å². The number of hydrogen-bond donors (Lipinski definition) is 3. The fourth-order valence-electron chi connectivity index (χ4n) is 2.55. The first-order chi connectivity index (χ1) is 10.5. The molecular weight excluding hydrogens is 346 g/mol.